The molecule has 0 spiro atoms. The van der Waals surface area contributed by atoms with Gasteiger partial charge in [-0.25, -0.2) is 4.68 Å². The third-order valence-electron chi connectivity index (χ3n) is 3.72. The molecule has 1 heterocycles. The lowest BCUT2D eigenvalue weighted by atomic mass is 10.1. The summed E-state index contributed by atoms with van der Waals surface area (Å²) in [5.41, 5.74) is 9.74. The Morgan fingerprint density at radius 1 is 1.09 bits per heavy atom. The first-order chi connectivity index (χ1) is 10.7. The lowest BCUT2D eigenvalue weighted by Crippen LogP contribution is -2.11. The van der Waals surface area contributed by atoms with Gasteiger partial charge in [-0.05, 0) is 24.6 Å². The molecule has 0 aliphatic rings. The molecule has 2 N–H and O–H groups in total. The van der Waals surface area contributed by atoms with Crippen molar-refractivity contribution in [1.29, 1.82) is 0 Å². The second-order valence-corrected chi connectivity index (χ2v) is 5.56. The second-order valence-electron chi connectivity index (χ2n) is 5.13. The van der Waals surface area contributed by atoms with Crippen LogP contribution in [0, 0.1) is 0 Å². The first kappa shape index (κ1) is 14.8. The fraction of sp³-hybridized carbons (Fsp3) is 0.176. The summed E-state index contributed by atoms with van der Waals surface area (Å²) in [6.07, 6.45) is 0. The number of aromatic nitrogens is 3. The van der Waals surface area contributed by atoms with Crippen LogP contribution in [0.1, 0.15) is 24.2 Å². The molecule has 1 aromatic heterocycles. The van der Waals surface area contributed by atoms with E-state index in [1.165, 1.54) is 5.56 Å². The van der Waals surface area contributed by atoms with Gasteiger partial charge in [-0.3, -0.25) is 0 Å². The van der Waals surface area contributed by atoms with Crippen molar-refractivity contribution in [3.05, 3.63) is 70.9 Å². The van der Waals surface area contributed by atoms with Gasteiger partial charge in [-0.2, -0.15) is 0 Å². The van der Waals surface area contributed by atoms with E-state index < -0.39 is 0 Å². The van der Waals surface area contributed by atoms with Crippen LogP contribution in [0.4, 0.5) is 0 Å². The van der Waals surface area contributed by atoms with Crippen molar-refractivity contribution in [2.24, 2.45) is 5.73 Å². The van der Waals surface area contributed by atoms with Crippen LogP contribution in [-0.2, 0) is 6.54 Å². The van der Waals surface area contributed by atoms with E-state index in [1.54, 1.807) is 0 Å². The summed E-state index contributed by atoms with van der Waals surface area (Å²) < 4.78 is 1.92. The Morgan fingerprint density at radius 2 is 1.77 bits per heavy atom. The van der Waals surface area contributed by atoms with Crippen molar-refractivity contribution in [1.82, 2.24) is 15.0 Å². The van der Waals surface area contributed by atoms with Gasteiger partial charge in [-0.1, -0.05) is 59.3 Å². The standard InChI is InChI=1S/C17H17ClN4/c1-12(13-5-3-2-4-6-13)22-17(16(11-19)20-21-22)14-7-9-15(18)10-8-14/h2-10,12H,11,19H2,1H3. The van der Waals surface area contributed by atoms with Crippen LogP contribution in [-0.4, -0.2) is 15.0 Å². The van der Waals surface area contributed by atoms with E-state index in [0.29, 0.717) is 11.6 Å². The first-order valence-corrected chi connectivity index (χ1v) is 7.53. The van der Waals surface area contributed by atoms with Crippen LogP contribution in [0.15, 0.2) is 54.6 Å². The van der Waals surface area contributed by atoms with E-state index in [1.807, 2.05) is 47.1 Å². The fourth-order valence-electron chi connectivity index (χ4n) is 2.51. The Hall–Kier alpha value is -2.17. The lowest BCUT2D eigenvalue weighted by molar-refractivity contribution is 0.548. The highest BCUT2D eigenvalue weighted by Crippen LogP contribution is 2.28. The van der Waals surface area contributed by atoms with Crippen molar-refractivity contribution >= 4 is 11.6 Å². The van der Waals surface area contributed by atoms with Crippen LogP contribution in [0.3, 0.4) is 0 Å². The van der Waals surface area contributed by atoms with E-state index in [2.05, 4.69) is 29.4 Å². The molecule has 112 valence electrons. The molecule has 0 saturated carbocycles. The molecule has 0 aliphatic carbocycles. The molecule has 0 amide bonds. The summed E-state index contributed by atoms with van der Waals surface area (Å²) in [7, 11) is 0. The molecule has 0 aliphatic heterocycles. The van der Waals surface area contributed by atoms with Crippen molar-refractivity contribution in [2.75, 3.05) is 0 Å². The highest BCUT2D eigenvalue weighted by atomic mass is 35.5. The van der Waals surface area contributed by atoms with Gasteiger partial charge in [0.1, 0.15) is 5.69 Å². The van der Waals surface area contributed by atoms with Crippen LogP contribution in [0.5, 0.6) is 0 Å². The number of nitrogens with two attached hydrogens (primary N) is 1. The van der Waals surface area contributed by atoms with Crippen molar-refractivity contribution in [3.63, 3.8) is 0 Å². The molecule has 3 rings (SSSR count). The van der Waals surface area contributed by atoms with E-state index in [0.717, 1.165) is 17.0 Å². The summed E-state index contributed by atoms with van der Waals surface area (Å²) in [6, 6.07) is 17.9. The Bertz CT molecular complexity index is 750. The maximum atomic E-state index is 5.98. The summed E-state index contributed by atoms with van der Waals surface area (Å²) in [4.78, 5) is 0. The predicted octanol–water partition coefficient (Wildman–Crippen LogP) is 3.67. The normalized spacial score (nSPS) is 12.3. The highest BCUT2D eigenvalue weighted by molar-refractivity contribution is 6.30. The Kier molecular flexibility index (Phi) is 4.22. The molecule has 1 unspecified atom stereocenters. The highest BCUT2D eigenvalue weighted by Gasteiger charge is 2.19. The number of benzene rings is 2. The number of rotatable bonds is 4. The van der Waals surface area contributed by atoms with Gasteiger partial charge in [0.05, 0.1) is 11.7 Å². The largest absolute Gasteiger partial charge is 0.325 e. The Morgan fingerprint density at radius 3 is 2.41 bits per heavy atom. The zero-order valence-corrected chi connectivity index (χ0v) is 13.0. The van der Waals surface area contributed by atoms with E-state index in [-0.39, 0.29) is 6.04 Å². The molecule has 22 heavy (non-hydrogen) atoms. The maximum absolute atomic E-state index is 5.98. The third kappa shape index (κ3) is 2.75. The van der Waals surface area contributed by atoms with Gasteiger partial charge in [0, 0.05) is 17.1 Å². The average molecular weight is 313 g/mol. The van der Waals surface area contributed by atoms with Crippen molar-refractivity contribution in [2.45, 2.75) is 19.5 Å². The minimum atomic E-state index is 0.0691. The van der Waals surface area contributed by atoms with Gasteiger partial charge in [0.25, 0.3) is 0 Å². The molecule has 0 saturated heterocycles. The number of hydrogen-bond acceptors (Lipinski definition) is 3. The molecule has 5 heteroatoms. The minimum Gasteiger partial charge on any atom is -0.325 e. The van der Waals surface area contributed by atoms with E-state index >= 15 is 0 Å². The zero-order valence-electron chi connectivity index (χ0n) is 12.3. The number of halogens is 1. The monoisotopic (exact) mass is 312 g/mol. The summed E-state index contributed by atoms with van der Waals surface area (Å²) in [6.45, 7) is 2.45. The summed E-state index contributed by atoms with van der Waals surface area (Å²) >= 11 is 5.98. The predicted molar refractivity (Wildman–Crippen MR) is 88.6 cm³/mol. The second kappa shape index (κ2) is 6.30. The summed E-state index contributed by atoms with van der Waals surface area (Å²) in [5, 5.41) is 9.25. The Labute approximate surface area is 134 Å². The number of hydrogen-bond donors (Lipinski definition) is 1. The smallest absolute Gasteiger partial charge is 0.104 e. The fourth-order valence-corrected chi connectivity index (χ4v) is 2.64. The molecule has 4 nitrogen and oxygen atoms in total. The SMILES string of the molecule is CC(c1ccccc1)n1nnc(CN)c1-c1ccc(Cl)cc1. The van der Waals surface area contributed by atoms with E-state index in [4.69, 9.17) is 17.3 Å². The van der Waals surface area contributed by atoms with Gasteiger partial charge in [0.2, 0.25) is 0 Å². The molecular formula is C17H17ClN4. The van der Waals surface area contributed by atoms with Gasteiger partial charge in [-0.15, -0.1) is 5.10 Å². The van der Waals surface area contributed by atoms with Crippen LogP contribution in [0.2, 0.25) is 5.02 Å². The van der Waals surface area contributed by atoms with Crippen molar-refractivity contribution in [3.8, 4) is 11.3 Å². The Balaban J connectivity index is 2.09. The van der Waals surface area contributed by atoms with Gasteiger partial charge in [0.15, 0.2) is 0 Å². The van der Waals surface area contributed by atoms with Gasteiger partial charge < -0.3 is 5.73 Å². The van der Waals surface area contributed by atoms with Crippen LogP contribution >= 0.6 is 11.6 Å². The quantitative estimate of drug-likeness (QED) is 0.799. The maximum Gasteiger partial charge on any atom is 0.104 e. The zero-order chi connectivity index (χ0) is 15.5. The molecule has 0 fully saturated rings. The molecule has 0 bridgehead atoms. The lowest BCUT2D eigenvalue weighted by Gasteiger charge is -2.16. The molecular weight excluding hydrogens is 296 g/mol. The molecule has 2 aromatic carbocycles. The minimum absolute atomic E-state index is 0.0691. The van der Waals surface area contributed by atoms with Crippen LogP contribution < -0.4 is 5.73 Å². The van der Waals surface area contributed by atoms with Gasteiger partial charge >= 0.3 is 0 Å². The third-order valence-corrected chi connectivity index (χ3v) is 3.98. The van der Waals surface area contributed by atoms with Crippen molar-refractivity contribution < 1.29 is 0 Å². The van der Waals surface area contributed by atoms with E-state index in [9.17, 15) is 0 Å². The van der Waals surface area contributed by atoms with Crippen LogP contribution in [0.25, 0.3) is 11.3 Å². The molecule has 3 aromatic rings. The molecule has 0 radical (unpaired) electrons. The average Bonchev–Trinajstić information content (AvgIpc) is 2.99. The first-order valence-electron chi connectivity index (χ1n) is 7.15. The number of nitrogens with zero attached hydrogens (tertiary/aromatic N) is 3. The molecule has 1 atom stereocenters. The summed E-state index contributed by atoms with van der Waals surface area (Å²) in [5.74, 6) is 0. The topological polar surface area (TPSA) is 56.7 Å².